The molecule has 8 nitrogen and oxygen atoms in total. The SMILES string of the molecule is C[C@H]1O[C@@H](n2cc(F)c(N=CCC3CCCCN3)nc2=O)[C@H](O)[C@@H]1O. The van der Waals surface area contributed by atoms with Crippen molar-refractivity contribution in [3.05, 3.63) is 22.5 Å². The molecule has 9 heteroatoms. The Kier molecular flexibility index (Phi) is 5.57. The summed E-state index contributed by atoms with van der Waals surface area (Å²) in [5.74, 6) is -1.09. The van der Waals surface area contributed by atoms with Gasteiger partial charge in [-0.3, -0.25) is 4.57 Å². The maximum atomic E-state index is 14.2. The van der Waals surface area contributed by atoms with Crippen molar-refractivity contribution in [1.29, 1.82) is 0 Å². The predicted octanol–water partition coefficient (Wildman–Crippen LogP) is 0.256. The van der Waals surface area contributed by atoms with Gasteiger partial charge in [0, 0.05) is 12.3 Å². The van der Waals surface area contributed by atoms with Crippen molar-refractivity contribution < 1.29 is 19.3 Å². The fraction of sp³-hybridized carbons (Fsp3) is 0.688. The number of piperidine rings is 1. The summed E-state index contributed by atoms with van der Waals surface area (Å²) in [4.78, 5) is 19.7. The normalized spacial score (nSPS) is 33.2. The molecule has 0 aromatic carbocycles. The van der Waals surface area contributed by atoms with Gasteiger partial charge in [-0.05, 0) is 32.7 Å². The predicted molar refractivity (Wildman–Crippen MR) is 88.5 cm³/mol. The Morgan fingerprint density at radius 1 is 1.48 bits per heavy atom. The monoisotopic (exact) mass is 354 g/mol. The van der Waals surface area contributed by atoms with Gasteiger partial charge in [-0.25, -0.2) is 14.2 Å². The Labute approximate surface area is 144 Å². The van der Waals surface area contributed by atoms with Crippen LogP contribution in [0.4, 0.5) is 10.2 Å². The molecule has 138 valence electrons. The molecule has 0 radical (unpaired) electrons. The first kappa shape index (κ1) is 18.1. The summed E-state index contributed by atoms with van der Waals surface area (Å²) in [7, 11) is 0. The van der Waals surface area contributed by atoms with Crippen LogP contribution in [0.1, 0.15) is 38.8 Å². The number of halogens is 1. The number of hydrogen-bond donors (Lipinski definition) is 3. The number of aliphatic hydroxyl groups is 2. The molecule has 25 heavy (non-hydrogen) atoms. The summed E-state index contributed by atoms with van der Waals surface area (Å²) < 4.78 is 20.4. The molecule has 2 fully saturated rings. The zero-order valence-electron chi connectivity index (χ0n) is 14.0. The van der Waals surface area contributed by atoms with Crippen molar-refractivity contribution in [2.45, 2.75) is 63.2 Å². The molecule has 0 bridgehead atoms. The zero-order chi connectivity index (χ0) is 18.0. The van der Waals surface area contributed by atoms with Crippen LogP contribution in [-0.4, -0.2) is 56.9 Å². The number of aliphatic imine (C=N–C) groups is 1. The topological polar surface area (TPSA) is 109 Å². The molecule has 2 aliphatic rings. The molecule has 0 spiro atoms. The second kappa shape index (κ2) is 7.69. The van der Waals surface area contributed by atoms with Crippen molar-refractivity contribution in [3.8, 4) is 0 Å². The van der Waals surface area contributed by atoms with Gasteiger partial charge in [0.2, 0.25) is 0 Å². The minimum Gasteiger partial charge on any atom is -0.388 e. The van der Waals surface area contributed by atoms with E-state index < -0.39 is 36.0 Å². The number of nitrogens with zero attached hydrogens (tertiary/aromatic N) is 3. The second-order valence-electron chi connectivity index (χ2n) is 6.51. The van der Waals surface area contributed by atoms with E-state index in [9.17, 15) is 19.4 Å². The fourth-order valence-corrected chi connectivity index (χ4v) is 3.16. The van der Waals surface area contributed by atoms with Crippen molar-refractivity contribution >= 4 is 12.0 Å². The van der Waals surface area contributed by atoms with Crippen molar-refractivity contribution in [1.82, 2.24) is 14.9 Å². The lowest BCUT2D eigenvalue weighted by molar-refractivity contribution is -0.0355. The lowest BCUT2D eigenvalue weighted by Crippen LogP contribution is -2.35. The zero-order valence-corrected chi connectivity index (χ0v) is 14.0. The molecule has 3 rings (SSSR count). The third-order valence-electron chi connectivity index (χ3n) is 4.66. The standard InChI is InChI=1S/C16H23FN4O4/c1-9-12(22)13(23)15(25-9)21-8-11(17)14(20-16(21)24)19-7-5-10-4-2-3-6-18-10/h7-10,12-13,15,18,22-23H,2-6H2,1H3/t9-,10?,12-,13-,15-/m1/s1. The molecule has 2 saturated heterocycles. The number of aliphatic hydroxyl groups excluding tert-OH is 2. The van der Waals surface area contributed by atoms with Gasteiger partial charge >= 0.3 is 5.69 Å². The van der Waals surface area contributed by atoms with E-state index in [0.717, 1.165) is 36.6 Å². The van der Waals surface area contributed by atoms with E-state index in [1.165, 1.54) is 0 Å². The molecule has 1 aromatic rings. The van der Waals surface area contributed by atoms with Gasteiger partial charge in [-0.1, -0.05) is 6.42 Å². The largest absolute Gasteiger partial charge is 0.388 e. The third kappa shape index (κ3) is 3.95. The number of rotatable bonds is 4. The molecule has 3 N–H and O–H groups in total. The Morgan fingerprint density at radius 3 is 2.92 bits per heavy atom. The van der Waals surface area contributed by atoms with Gasteiger partial charge in [0.15, 0.2) is 17.9 Å². The van der Waals surface area contributed by atoms with Gasteiger partial charge < -0.3 is 20.3 Å². The lowest BCUT2D eigenvalue weighted by Gasteiger charge is -2.21. The van der Waals surface area contributed by atoms with E-state index in [1.54, 1.807) is 13.1 Å². The molecule has 1 aromatic heterocycles. The summed E-state index contributed by atoms with van der Waals surface area (Å²) in [5.41, 5.74) is -0.797. The van der Waals surface area contributed by atoms with Gasteiger partial charge in [0.25, 0.3) is 0 Å². The van der Waals surface area contributed by atoms with Crippen LogP contribution >= 0.6 is 0 Å². The van der Waals surface area contributed by atoms with E-state index in [1.807, 2.05) is 0 Å². The molecule has 0 amide bonds. The molecule has 0 saturated carbocycles. The maximum Gasteiger partial charge on any atom is 0.352 e. The highest BCUT2D eigenvalue weighted by molar-refractivity contribution is 5.62. The molecule has 0 aliphatic carbocycles. The van der Waals surface area contributed by atoms with Crippen molar-refractivity contribution in [2.75, 3.05) is 6.54 Å². The highest BCUT2D eigenvalue weighted by atomic mass is 19.1. The Hall–Kier alpha value is -1.68. The van der Waals surface area contributed by atoms with E-state index >= 15 is 0 Å². The average molecular weight is 354 g/mol. The van der Waals surface area contributed by atoms with Gasteiger partial charge in [0.05, 0.1) is 12.3 Å². The first-order valence-corrected chi connectivity index (χ1v) is 8.53. The molecule has 1 unspecified atom stereocenters. The molecular weight excluding hydrogens is 331 g/mol. The molecule has 5 atom stereocenters. The minimum absolute atomic E-state index is 0.293. The first-order valence-electron chi connectivity index (χ1n) is 8.53. The van der Waals surface area contributed by atoms with Crippen molar-refractivity contribution in [2.24, 2.45) is 4.99 Å². The summed E-state index contributed by atoms with van der Waals surface area (Å²) in [6.45, 7) is 2.52. The average Bonchev–Trinajstić information content (AvgIpc) is 2.86. The number of ether oxygens (including phenoxy) is 1. The van der Waals surface area contributed by atoms with Crippen LogP contribution in [0, 0.1) is 5.82 Å². The molecule has 3 heterocycles. The van der Waals surface area contributed by atoms with E-state index in [0.29, 0.717) is 12.5 Å². The second-order valence-corrected chi connectivity index (χ2v) is 6.51. The van der Waals surface area contributed by atoms with Crippen LogP contribution in [0.3, 0.4) is 0 Å². The van der Waals surface area contributed by atoms with Crippen LogP contribution in [-0.2, 0) is 4.74 Å². The maximum absolute atomic E-state index is 14.2. The minimum atomic E-state index is -1.33. The fourth-order valence-electron chi connectivity index (χ4n) is 3.16. The highest BCUT2D eigenvalue weighted by Crippen LogP contribution is 2.28. The van der Waals surface area contributed by atoms with Crippen LogP contribution < -0.4 is 11.0 Å². The van der Waals surface area contributed by atoms with E-state index in [4.69, 9.17) is 4.74 Å². The Balaban J connectivity index is 1.73. The van der Waals surface area contributed by atoms with Crippen LogP contribution in [0.5, 0.6) is 0 Å². The Morgan fingerprint density at radius 2 is 2.28 bits per heavy atom. The summed E-state index contributed by atoms with van der Waals surface area (Å²) >= 11 is 0. The highest BCUT2D eigenvalue weighted by Gasteiger charge is 2.42. The van der Waals surface area contributed by atoms with E-state index in [-0.39, 0.29) is 5.82 Å². The van der Waals surface area contributed by atoms with Crippen LogP contribution in [0.25, 0.3) is 0 Å². The van der Waals surface area contributed by atoms with Gasteiger partial charge in [-0.15, -0.1) is 0 Å². The van der Waals surface area contributed by atoms with Crippen molar-refractivity contribution in [3.63, 3.8) is 0 Å². The summed E-state index contributed by atoms with van der Waals surface area (Å²) in [5, 5.41) is 23.0. The van der Waals surface area contributed by atoms with Crippen LogP contribution in [0.2, 0.25) is 0 Å². The van der Waals surface area contributed by atoms with Crippen LogP contribution in [0.15, 0.2) is 16.0 Å². The quantitative estimate of drug-likeness (QED) is 0.669. The lowest BCUT2D eigenvalue weighted by atomic mass is 10.0. The summed E-state index contributed by atoms with van der Waals surface area (Å²) in [6.07, 6.45) is 2.12. The number of aromatic nitrogens is 2. The van der Waals surface area contributed by atoms with Gasteiger partial charge in [0.1, 0.15) is 12.2 Å². The number of nitrogens with one attached hydrogen (secondary N) is 1. The van der Waals surface area contributed by atoms with E-state index in [2.05, 4.69) is 15.3 Å². The van der Waals surface area contributed by atoms with Gasteiger partial charge in [-0.2, -0.15) is 4.98 Å². The third-order valence-corrected chi connectivity index (χ3v) is 4.66. The smallest absolute Gasteiger partial charge is 0.352 e. The summed E-state index contributed by atoms with van der Waals surface area (Å²) in [6, 6.07) is 0.311. The first-order chi connectivity index (χ1) is 12.0. The molecular formula is C16H23FN4O4. The molecule has 2 aliphatic heterocycles. The number of hydrogen-bond acceptors (Lipinski definition) is 7. The Bertz CT molecular complexity index is 689.